The number of aliphatic carboxylic acids is 2. The molecule has 1 aliphatic carbocycles. The Morgan fingerprint density at radius 3 is 2.46 bits per heavy atom. The monoisotopic (exact) mass is 388 g/mol. The zero-order valence-electron chi connectivity index (χ0n) is 15.5. The molecule has 1 aliphatic heterocycles. The van der Waals surface area contributed by atoms with Gasteiger partial charge in [-0.15, -0.1) is 0 Å². The van der Waals surface area contributed by atoms with Crippen molar-refractivity contribution in [2.24, 2.45) is 5.92 Å². The fourth-order valence-electron chi connectivity index (χ4n) is 3.62. The number of likely N-dealkylation sites (tertiary alicyclic amines) is 1. The van der Waals surface area contributed by atoms with Gasteiger partial charge in [-0.2, -0.15) is 4.98 Å². The molecule has 0 amide bonds. The topological polar surface area (TPSA) is 130 Å². The second kappa shape index (κ2) is 9.41. The van der Waals surface area contributed by atoms with Gasteiger partial charge < -0.3 is 19.6 Å². The number of pyridine rings is 1. The van der Waals surface area contributed by atoms with E-state index in [-0.39, 0.29) is 0 Å². The third-order valence-electron chi connectivity index (χ3n) is 5.09. The van der Waals surface area contributed by atoms with Gasteiger partial charge in [-0.1, -0.05) is 24.4 Å². The molecule has 9 heteroatoms. The third-order valence-corrected chi connectivity index (χ3v) is 5.09. The summed E-state index contributed by atoms with van der Waals surface area (Å²) in [6.45, 7) is 3.37. The Bertz CT molecular complexity index is 771. The van der Waals surface area contributed by atoms with Gasteiger partial charge >= 0.3 is 11.9 Å². The Labute approximate surface area is 162 Å². The molecule has 150 valence electrons. The lowest BCUT2D eigenvalue weighted by Gasteiger charge is -2.40. The van der Waals surface area contributed by atoms with Crippen LogP contribution < -0.4 is 0 Å². The summed E-state index contributed by atoms with van der Waals surface area (Å²) in [5, 5.41) is 18.9. The summed E-state index contributed by atoms with van der Waals surface area (Å²) in [6.07, 6.45) is 10.6. The molecule has 0 aromatic carbocycles. The first-order valence-electron chi connectivity index (χ1n) is 9.45. The maximum Gasteiger partial charge on any atom is 0.414 e. The van der Waals surface area contributed by atoms with E-state index >= 15 is 0 Å². The summed E-state index contributed by atoms with van der Waals surface area (Å²) in [5.41, 5.74) is 0.913. The number of hydrogen-bond acceptors (Lipinski definition) is 7. The molecule has 0 spiro atoms. The van der Waals surface area contributed by atoms with E-state index in [2.05, 4.69) is 20.0 Å². The van der Waals surface area contributed by atoms with Gasteiger partial charge in [0.05, 0.1) is 5.92 Å². The van der Waals surface area contributed by atoms with E-state index in [4.69, 9.17) is 24.3 Å². The Hall–Kier alpha value is -2.81. The Kier molecular flexibility index (Phi) is 6.70. The van der Waals surface area contributed by atoms with Crippen molar-refractivity contribution in [1.82, 2.24) is 20.0 Å². The molecule has 0 atom stereocenters. The number of rotatable bonds is 4. The molecule has 0 radical (unpaired) electrons. The van der Waals surface area contributed by atoms with Crippen LogP contribution in [0.5, 0.6) is 0 Å². The number of carboxylic acid groups (broad SMARTS) is 2. The van der Waals surface area contributed by atoms with Gasteiger partial charge in [-0.25, -0.2) is 9.59 Å². The van der Waals surface area contributed by atoms with Crippen molar-refractivity contribution < 1.29 is 24.3 Å². The average Bonchev–Trinajstić information content (AvgIpc) is 3.16. The summed E-state index contributed by atoms with van der Waals surface area (Å²) in [6, 6.07) is 3.85. The van der Waals surface area contributed by atoms with E-state index in [9.17, 15) is 0 Å². The fourth-order valence-corrected chi connectivity index (χ4v) is 3.62. The molecule has 9 nitrogen and oxygen atoms in total. The normalized spacial score (nSPS) is 18.0. The van der Waals surface area contributed by atoms with Crippen LogP contribution in [-0.2, 0) is 9.59 Å². The number of carbonyl (C=O) groups is 2. The van der Waals surface area contributed by atoms with Crippen LogP contribution in [0.25, 0.3) is 11.4 Å². The van der Waals surface area contributed by atoms with Gasteiger partial charge in [0.1, 0.15) is 0 Å². The molecule has 2 N–H and O–H groups in total. The number of carboxylic acids is 2. The Morgan fingerprint density at radius 1 is 1.14 bits per heavy atom. The largest absolute Gasteiger partial charge is 0.473 e. The number of nitrogens with zero attached hydrogens (tertiary/aromatic N) is 4. The molecule has 2 fully saturated rings. The minimum absolute atomic E-state index is 0.404. The van der Waals surface area contributed by atoms with Gasteiger partial charge in [0, 0.05) is 37.6 Å². The van der Waals surface area contributed by atoms with Gasteiger partial charge in [0.25, 0.3) is 0 Å². The summed E-state index contributed by atoms with van der Waals surface area (Å²) in [5.74, 6) is -0.914. The second-order valence-electron chi connectivity index (χ2n) is 7.23. The fraction of sp³-hybridized carbons (Fsp3) is 0.526. The van der Waals surface area contributed by atoms with Gasteiger partial charge in [0.2, 0.25) is 11.7 Å². The summed E-state index contributed by atoms with van der Waals surface area (Å²) in [7, 11) is 0. The number of aromatic nitrogens is 3. The van der Waals surface area contributed by atoms with Crippen molar-refractivity contribution >= 4 is 11.9 Å². The lowest BCUT2D eigenvalue weighted by Crippen LogP contribution is -2.47. The van der Waals surface area contributed by atoms with E-state index in [0.29, 0.717) is 11.7 Å². The maximum absolute atomic E-state index is 9.10. The van der Waals surface area contributed by atoms with Crippen LogP contribution in [-0.4, -0.2) is 61.8 Å². The van der Waals surface area contributed by atoms with Crippen LogP contribution in [0.4, 0.5) is 0 Å². The van der Waals surface area contributed by atoms with E-state index in [1.807, 2.05) is 12.1 Å². The summed E-state index contributed by atoms with van der Waals surface area (Å²) < 4.78 is 5.45. The minimum atomic E-state index is -1.82. The predicted molar refractivity (Wildman–Crippen MR) is 98.6 cm³/mol. The third kappa shape index (κ3) is 5.35. The van der Waals surface area contributed by atoms with Gasteiger partial charge in [-0.3, -0.25) is 4.98 Å². The molecule has 28 heavy (non-hydrogen) atoms. The molecule has 4 rings (SSSR count). The quantitative estimate of drug-likeness (QED) is 0.757. The van der Waals surface area contributed by atoms with Crippen molar-refractivity contribution in [2.75, 3.05) is 19.6 Å². The van der Waals surface area contributed by atoms with Crippen molar-refractivity contribution in [2.45, 2.75) is 38.0 Å². The first kappa shape index (κ1) is 19.9. The van der Waals surface area contributed by atoms with Crippen LogP contribution in [0.1, 0.15) is 43.9 Å². The Balaban J connectivity index is 0.000000330. The SMILES string of the molecule is O=C(O)C(=O)O.c1cncc(-c2noc(C3CN(CC4CCCCC4)C3)n2)c1. The second-order valence-corrected chi connectivity index (χ2v) is 7.23. The zero-order chi connectivity index (χ0) is 19.9. The van der Waals surface area contributed by atoms with Gasteiger partial charge in [0.15, 0.2) is 0 Å². The zero-order valence-corrected chi connectivity index (χ0v) is 15.5. The molecule has 2 aromatic rings. The van der Waals surface area contributed by atoms with Crippen molar-refractivity contribution in [1.29, 1.82) is 0 Å². The molecule has 0 bridgehead atoms. The van der Waals surface area contributed by atoms with Gasteiger partial charge in [-0.05, 0) is 30.9 Å². The van der Waals surface area contributed by atoms with E-state index in [0.717, 1.165) is 30.5 Å². The molecule has 3 heterocycles. The lowest BCUT2D eigenvalue weighted by molar-refractivity contribution is -0.159. The van der Waals surface area contributed by atoms with Crippen LogP contribution in [0.3, 0.4) is 0 Å². The first-order valence-corrected chi connectivity index (χ1v) is 9.45. The number of hydrogen-bond donors (Lipinski definition) is 2. The van der Waals surface area contributed by atoms with Crippen molar-refractivity contribution in [3.63, 3.8) is 0 Å². The van der Waals surface area contributed by atoms with E-state index in [1.54, 1.807) is 12.4 Å². The molecular weight excluding hydrogens is 364 g/mol. The van der Waals surface area contributed by atoms with Crippen LogP contribution >= 0.6 is 0 Å². The highest BCUT2D eigenvalue weighted by Gasteiger charge is 2.33. The maximum atomic E-state index is 9.10. The van der Waals surface area contributed by atoms with Crippen LogP contribution in [0.2, 0.25) is 0 Å². The summed E-state index contributed by atoms with van der Waals surface area (Å²) >= 11 is 0. The summed E-state index contributed by atoms with van der Waals surface area (Å²) in [4.78, 5) is 29.4. The molecule has 0 unspecified atom stereocenters. The van der Waals surface area contributed by atoms with Crippen LogP contribution in [0.15, 0.2) is 29.0 Å². The first-order chi connectivity index (χ1) is 13.5. The molecule has 1 saturated carbocycles. The highest BCUT2D eigenvalue weighted by molar-refractivity contribution is 6.27. The van der Waals surface area contributed by atoms with Crippen molar-refractivity contribution in [3.8, 4) is 11.4 Å². The molecule has 2 aromatic heterocycles. The highest BCUT2D eigenvalue weighted by Crippen LogP contribution is 2.31. The lowest BCUT2D eigenvalue weighted by atomic mass is 9.87. The minimum Gasteiger partial charge on any atom is -0.473 e. The molecule has 2 aliphatic rings. The molecular formula is C19H24N4O5. The molecule has 1 saturated heterocycles. The van der Waals surface area contributed by atoms with E-state index in [1.165, 1.54) is 38.6 Å². The predicted octanol–water partition coefficient (Wildman–Crippen LogP) is 2.27. The Morgan fingerprint density at radius 2 is 1.86 bits per heavy atom. The highest BCUT2D eigenvalue weighted by atomic mass is 16.5. The smallest absolute Gasteiger partial charge is 0.414 e. The van der Waals surface area contributed by atoms with Crippen molar-refractivity contribution in [3.05, 3.63) is 30.4 Å². The average molecular weight is 388 g/mol. The van der Waals surface area contributed by atoms with Crippen LogP contribution in [0, 0.1) is 5.92 Å². The van der Waals surface area contributed by atoms with E-state index < -0.39 is 11.9 Å². The standard InChI is InChI=1S/C17H22N4O.C2H2O4/c1-2-5-13(6-3-1)10-21-11-15(12-21)17-19-16(20-22-17)14-7-4-8-18-9-14;3-1(4)2(5)6/h4,7-9,13,15H,1-3,5-6,10-12H2;(H,3,4)(H,5,6).